The van der Waals surface area contributed by atoms with Crippen molar-refractivity contribution < 1.29 is 18.3 Å². The van der Waals surface area contributed by atoms with Gasteiger partial charge in [-0.25, -0.2) is 8.42 Å². The van der Waals surface area contributed by atoms with Gasteiger partial charge in [0.25, 0.3) is 10.0 Å². The molecule has 6 heteroatoms. The molecule has 0 aromatic heterocycles. The third-order valence-electron chi connectivity index (χ3n) is 5.17. The number of fused-ring (bicyclic) bond motifs is 1. The van der Waals surface area contributed by atoms with E-state index in [9.17, 15) is 13.2 Å². The van der Waals surface area contributed by atoms with Gasteiger partial charge in [0.15, 0.2) is 0 Å². The molecule has 0 saturated carbocycles. The number of benzene rings is 3. The molecule has 0 heterocycles. The molecule has 0 fully saturated rings. The molecule has 0 aliphatic heterocycles. The van der Waals surface area contributed by atoms with Crippen molar-refractivity contribution in [2.45, 2.75) is 50.3 Å². The smallest absolute Gasteiger partial charge is 0.303 e. The third-order valence-corrected chi connectivity index (χ3v) is 6.54. The molecule has 5 nitrogen and oxygen atoms in total. The molecule has 0 aliphatic carbocycles. The number of anilines is 1. The Bertz CT molecular complexity index is 1120. The molecule has 2 N–H and O–H groups in total. The van der Waals surface area contributed by atoms with Crippen molar-refractivity contribution >= 4 is 32.5 Å². The van der Waals surface area contributed by atoms with Crippen LogP contribution in [0.5, 0.6) is 0 Å². The highest BCUT2D eigenvalue weighted by Crippen LogP contribution is 2.31. The molecule has 0 saturated heterocycles. The number of carbonyl (C=O) groups is 1. The van der Waals surface area contributed by atoms with Crippen molar-refractivity contribution in [3.8, 4) is 0 Å². The molecular weight excluding hydrogens is 398 g/mol. The molecule has 3 rings (SSSR count). The Morgan fingerprint density at radius 3 is 2.33 bits per heavy atom. The van der Waals surface area contributed by atoms with Crippen molar-refractivity contribution in [2.75, 3.05) is 4.72 Å². The summed E-state index contributed by atoms with van der Waals surface area (Å²) in [5.74, 6) is -0.766. The Balaban J connectivity index is 1.83. The standard InChI is InChI=1S/C24H27NO4S/c1-18-12-16-21(17-13-18)30(28,29)25-24-20(9-4-2-3-5-11-23(26)27)15-14-19-8-6-7-10-22(19)24/h6-8,10,12-17,25H,2-5,9,11H2,1H3,(H,26,27). The van der Waals surface area contributed by atoms with Gasteiger partial charge in [-0.05, 0) is 49.3 Å². The summed E-state index contributed by atoms with van der Waals surface area (Å²) in [6.45, 7) is 1.92. The monoisotopic (exact) mass is 425 g/mol. The predicted molar refractivity (Wildman–Crippen MR) is 120 cm³/mol. The molecule has 3 aromatic carbocycles. The Hall–Kier alpha value is -2.86. The first-order valence-corrected chi connectivity index (χ1v) is 11.7. The van der Waals surface area contributed by atoms with Gasteiger partial charge in [0, 0.05) is 11.8 Å². The highest BCUT2D eigenvalue weighted by atomic mass is 32.2. The minimum absolute atomic E-state index is 0.192. The molecule has 0 spiro atoms. The zero-order valence-corrected chi connectivity index (χ0v) is 17.9. The van der Waals surface area contributed by atoms with E-state index >= 15 is 0 Å². The van der Waals surface area contributed by atoms with Gasteiger partial charge in [-0.2, -0.15) is 0 Å². The highest BCUT2D eigenvalue weighted by molar-refractivity contribution is 7.92. The first-order chi connectivity index (χ1) is 14.4. The molecule has 0 unspecified atom stereocenters. The summed E-state index contributed by atoms with van der Waals surface area (Å²) in [7, 11) is -3.71. The van der Waals surface area contributed by atoms with Crippen LogP contribution in [0.4, 0.5) is 5.69 Å². The summed E-state index contributed by atoms with van der Waals surface area (Å²) in [5, 5.41) is 10.6. The van der Waals surface area contributed by atoms with Crippen LogP contribution in [0.2, 0.25) is 0 Å². The number of carboxylic acids is 1. The Morgan fingerprint density at radius 1 is 0.900 bits per heavy atom. The number of sulfonamides is 1. The number of unbranched alkanes of at least 4 members (excludes halogenated alkanes) is 3. The van der Waals surface area contributed by atoms with E-state index in [0.29, 0.717) is 12.1 Å². The molecule has 0 bridgehead atoms. The van der Waals surface area contributed by atoms with Gasteiger partial charge in [-0.3, -0.25) is 9.52 Å². The third kappa shape index (κ3) is 5.60. The van der Waals surface area contributed by atoms with Gasteiger partial charge >= 0.3 is 5.97 Å². The van der Waals surface area contributed by atoms with E-state index < -0.39 is 16.0 Å². The van der Waals surface area contributed by atoms with Crippen LogP contribution in [0.1, 0.15) is 43.2 Å². The maximum atomic E-state index is 13.0. The van der Waals surface area contributed by atoms with Crippen LogP contribution in [-0.2, 0) is 21.2 Å². The minimum Gasteiger partial charge on any atom is -0.481 e. The Labute approximate surface area is 177 Å². The molecule has 0 radical (unpaired) electrons. The first kappa shape index (κ1) is 21.8. The summed E-state index contributed by atoms with van der Waals surface area (Å²) in [6.07, 6.45) is 4.22. The van der Waals surface area contributed by atoms with Gasteiger partial charge in [0.2, 0.25) is 0 Å². The zero-order valence-electron chi connectivity index (χ0n) is 17.1. The maximum Gasteiger partial charge on any atom is 0.303 e. The lowest BCUT2D eigenvalue weighted by atomic mass is 9.99. The number of hydrogen-bond donors (Lipinski definition) is 2. The summed E-state index contributed by atoms with van der Waals surface area (Å²) in [4.78, 5) is 10.9. The lowest BCUT2D eigenvalue weighted by Gasteiger charge is -2.16. The molecule has 0 amide bonds. The van der Waals surface area contributed by atoms with Gasteiger partial charge in [-0.1, -0.05) is 66.9 Å². The van der Waals surface area contributed by atoms with Gasteiger partial charge in [0.1, 0.15) is 0 Å². The van der Waals surface area contributed by atoms with E-state index in [1.54, 1.807) is 24.3 Å². The fourth-order valence-corrected chi connectivity index (χ4v) is 4.62. The zero-order chi connectivity index (χ0) is 21.6. The second kappa shape index (κ2) is 9.76. The van der Waals surface area contributed by atoms with Crippen molar-refractivity contribution in [1.29, 1.82) is 0 Å². The van der Waals surface area contributed by atoms with Crippen LogP contribution in [0.15, 0.2) is 65.6 Å². The van der Waals surface area contributed by atoms with E-state index in [1.165, 1.54) is 0 Å². The van der Waals surface area contributed by atoms with Crippen LogP contribution >= 0.6 is 0 Å². The maximum absolute atomic E-state index is 13.0. The van der Waals surface area contributed by atoms with Crippen LogP contribution in [0.25, 0.3) is 10.8 Å². The quantitative estimate of drug-likeness (QED) is 0.419. The first-order valence-electron chi connectivity index (χ1n) is 10.2. The summed E-state index contributed by atoms with van der Waals surface area (Å²) in [6, 6.07) is 18.5. The van der Waals surface area contributed by atoms with Crippen molar-refractivity contribution in [3.63, 3.8) is 0 Å². The number of carboxylic acid groups (broad SMARTS) is 1. The lowest BCUT2D eigenvalue weighted by molar-refractivity contribution is -0.137. The molecule has 3 aromatic rings. The number of hydrogen-bond acceptors (Lipinski definition) is 3. The van der Waals surface area contributed by atoms with Gasteiger partial charge < -0.3 is 5.11 Å². The van der Waals surface area contributed by atoms with Crippen molar-refractivity contribution in [1.82, 2.24) is 0 Å². The predicted octanol–water partition coefficient (Wildman–Crippen LogP) is 5.53. The number of nitrogens with one attached hydrogen (secondary N) is 1. The highest BCUT2D eigenvalue weighted by Gasteiger charge is 2.18. The van der Waals surface area contributed by atoms with Crippen LogP contribution in [-0.4, -0.2) is 19.5 Å². The Kier molecular flexibility index (Phi) is 7.11. The number of aryl methyl sites for hydroxylation is 2. The molecule has 0 atom stereocenters. The van der Waals surface area contributed by atoms with Crippen molar-refractivity contribution in [3.05, 3.63) is 71.8 Å². The van der Waals surface area contributed by atoms with E-state index in [0.717, 1.165) is 47.6 Å². The van der Waals surface area contributed by atoms with E-state index in [-0.39, 0.29) is 11.3 Å². The average molecular weight is 426 g/mol. The Morgan fingerprint density at radius 2 is 1.60 bits per heavy atom. The van der Waals surface area contributed by atoms with E-state index in [4.69, 9.17) is 5.11 Å². The summed E-state index contributed by atoms with van der Waals surface area (Å²) >= 11 is 0. The van der Waals surface area contributed by atoms with E-state index in [2.05, 4.69) is 4.72 Å². The molecule has 30 heavy (non-hydrogen) atoms. The lowest BCUT2D eigenvalue weighted by Crippen LogP contribution is -2.14. The fraction of sp³-hybridized carbons (Fsp3) is 0.292. The molecule has 0 aliphatic rings. The summed E-state index contributed by atoms with van der Waals surface area (Å²) < 4.78 is 28.9. The van der Waals surface area contributed by atoms with Gasteiger partial charge in [-0.15, -0.1) is 0 Å². The van der Waals surface area contributed by atoms with Crippen molar-refractivity contribution in [2.24, 2.45) is 0 Å². The minimum atomic E-state index is -3.71. The van der Waals surface area contributed by atoms with E-state index in [1.807, 2.05) is 43.3 Å². The molecular formula is C24H27NO4S. The SMILES string of the molecule is Cc1ccc(S(=O)(=O)Nc2c(CCCCCCC(=O)O)ccc3ccccc23)cc1. The largest absolute Gasteiger partial charge is 0.481 e. The van der Waals surface area contributed by atoms with Crippen LogP contribution in [0.3, 0.4) is 0 Å². The topological polar surface area (TPSA) is 83.5 Å². The second-order valence-electron chi connectivity index (χ2n) is 7.55. The molecule has 158 valence electrons. The average Bonchev–Trinajstić information content (AvgIpc) is 2.72. The fourth-order valence-electron chi connectivity index (χ4n) is 3.50. The number of aliphatic carboxylic acids is 1. The van der Waals surface area contributed by atoms with Gasteiger partial charge in [0.05, 0.1) is 10.6 Å². The summed E-state index contributed by atoms with van der Waals surface area (Å²) in [5.41, 5.74) is 2.57. The second-order valence-corrected chi connectivity index (χ2v) is 9.23. The van der Waals surface area contributed by atoms with Crippen LogP contribution < -0.4 is 4.72 Å². The normalized spacial score (nSPS) is 11.5. The number of rotatable bonds is 10. The van der Waals surface area contributed by atoms with Crippen LogP contribution in [0, 0.1) is 6.92 Å².